The van der Waals surface area contributed by atoms with Gasteiger partial charge in [-0.25, -0.2) is 17.5 Å². The van der Waals surface area contributed by atoms with Gasteiger partial charge in [0.25, 0.3) is 0 Å². The Balaban J connectivity index is 2.17. The van der Waals surface area contributed by atoms with Crippen LogP contribution in [0.5, 0.6) is 5.75 Å². The first-order chi connectivity index (χ1) is 11.5. The smallest absolute Gasteiger partial charge is 0.244 e. The second-order valence-corrected chi connectivity index (χ2v) is 7.30. The molecule has 1 aromatic carbocycles. The molecule has 0 radical (unpaired) electrons. The second kappa shape index (κ2) is 8.54. The Morgan fingerprint density at radius 2 is 2.17 bits per heavy atom. The molecule has 0 aliphatic heterocycles. The van der Waals surface area contributed by atoms with Gasteiger partial charge in [0.15, 0.2) is 0 Å². The van der Waals surface area contributed by atoms with Crippen LogP contribution >= 0.6 is 11.3 Å². The maximum absolute atomic E-state index is 13.4. The number of thiophene rings is 1. The van der Waals surface area contributed by atoms with Crippen LogP contribution in [-0.2, 0) is 14.8 Å². The van der Waals surface area contributed by atoms with Crippen molar-refractivity contribution >= 4 is 21.4 Å². The fraction of sp³-hybridized carbons (Fsp3) is 0.333. The summed E-state index contributed by atoms with van der Waals surface area (Å²) in [6.45, 7) is -0.157. The molecular formula is C15H18FNO5S2. The molecule has 0 aliphatic carbocycles. The number of nitrogens with one attached hydrogen (secondary N) is 1. The van der Waals surface area contributed by atoms with E-state index in [0.29, 0.717) is 0 Å². The predicted octanol–water partition coefficient (Wildman–Crippen LogP) is 1.92. The number of rotatable bonds is 9. The minimum atomic E-state index is -3.99. The van der Waals surface area contributed by atoms with E-state index in [1.54, 1.807) is 0 Å². The molecule has 0 unspecified atom stereocenters. The van der Waals surface area contributed by atoms with Gasteiger partial charge < -0.3 is 14.6 Å². The summed E-state index contributed by atoms with van der Waals surface area (Å²) in [6, 6.07) is 5.08. The van der Waals surface area contributed by atoms with E-state index in [1.165, 1.54) is 24.5 Å². The highest BCUT2D eigenvalue weighted by atomic mass is 32.2. The third-order valence-corrected chi connectivity index (χ3v) is 5.35. The van der Waals surface area contributed by atoms with Gasteiger partial charge in [-0.2, -0.15) is 11.3 Å². The number of ether oxygens (including phenoxy) is 2. The van der Waals surface area contributed by atoms with E-state index in [4.69, 9.17) is 14.6 Å². The number of aliphatic hydroxyl groups is 1. The SMILES string of the molecule is COc1ccc(F)cc1S(=O)(=O)NC[C@@H](OCCO)c1ccsc1. The molecule has 0 spiro atoms. The fourth-order valence-electron chi connectivity index (χ4n) is 2.05. The zero-order valence-electron chi connectivity index (χ0n) is 12.9. The number of aliphatic hydroxyl groups excluding tert-OH is 1. The first-order valence-electron chi connectivity index (χ1n) is 7.05. The Kier molecular flexibility index (Phi) is 6.69. The average Bonchev–Trinajstić information content (AvgIpc) is 3.09. The van der Waals surface area contributed by atoms with Crippen molar-refractivity contribution in [2.45, 2.75) is 11.0 Å². The molecule has 6 nitrogen and oxygen atoms in total. The third-order valence-electron chi connectivity index (χ3n) is 3.20. The van der Waals surface area contributed by atoms with Crippen molar-refractivity contribution in [2.75, 3.05) is 26.9 Å². The van der Waals surface area contributed by atoms with Gasteiger partial charge in [-0.15, -0.1) is 0 Å². The molecule has 0 aliphatic rings. The molecule has 0 saturated carbocycles. The lowest BCUT2D eigenvalue weighted by atomic mass is 10.2. The minimum absolute atomic E-state index is 0.0484. The summed E-state index contributed by atoms with van der Waals surface area (Å²) in [5.74, 6) is -0.630. The lowest BCUT2D eigenvalue weighted by Crippen LogP contribution is -2.30. The standard InChI is InChI=1S/C15H18FNO5S2/c1-21-13-3-2-12(16)8-15(13)24(19,20)17-9-14(22-6-5-18)11-4-7-23-10-11/h2-4,7-8,10,14,17-18H,5-6,9H2,1H3/t14-/m1/s1. The van der Waals surface area contributed by atoms with E-state index >= 15 is 0 Å². The molecule has 0 saturated heterocycles. The highest BCUT2D eigenvalue weighted by molar-refractivity contribution is 7.89. The van der Waals surface area contributed by atoms with Crippen LogP contribution in [0.2, 0.25) is 0 Å². The third kappa shape index (κ3) is 4.74. The monoisotopic (exact) mass is 375 g/mol. The summed E-state index contributed by atoms with van der Waals surface area (Å²) in [6.07, 6.45) is -0.558. The molecule has 0 bridgehead atoms. The van der Waals surface area contributed by atoms with Crippen molar-refractivity contribution in [1.82, 2.24) is 4.72 Å². The van der Waals surface area contributed by atoms with Crippen LogP contribution in [-0.4, -0.2) is 40.4 Å². The molecular weight excluding hydrogens is 357 g/mol. The van der Waals surface area contributed by atoms with Gasteiger partial charge in [0, 0.05) is 6.54 Å². The van der Waals surface area contributed by atoms with E-state index in [0.717, 1.165) is 17.7 Å². The topological polar surface area (TPSA) is 84.9 Å². The van der Waals surface area contributed by atoms with Crippen LogP contribution in [0.4, 0.5) is 4.39 Å². The summed E-state index contributed by atoms with van der Waals surface area (Å²) in [7, 11) is -2.68. The Labute approximate surface area is 143 Å². The van der Waals surface area contributed by atoms with Crippen LogP contribution in [0.3, 0.4) is 0 Å². The minimum Gasteiger partial charge on any atom is -0.495 e. The summed E-state index contributed by atoms with van der Waals surface area (Å²) >= 11 is 1.45. The number of hydrogen-bond donors (Lipinski definition) is 2. The van der Waals surface area contributed by atoms with E-state index < -0.39 is 21.9 Å². The first kappa shape index (κ1) is 18.8. The van der Waals surface area contributed by atoms with Gasteiger partial charge in [-0.3, -0.25) is 0 Å². The van der Waals surface area contributed by atoms with Crippen LogP contribution in [0, 0.1) is 5.82 Å². The van der Waals surface area contributed by atoms with Crippen molar-refractivity contribution in [3.8, 4) is 5.75 Å². The van der Waals surface area contributed by atoms with Gasteiger partial charge in [0.1, 0.15) is 16.5 Å². The molecule has 2 rings (SSSR count). The summed E-state index contributed by atoms with van der Waals surface area (Å²) in [5.41, 5.74) is 0.794. The van der Waals surface area contributed by atoms with Crippen LogP contribution in [0.1, 0.15) is 11.7 Å². The molecule has 1 aromatic heterocycles. The van der Waals surface area contributed by atoms with Crippen LogP contribution in [0.15, 0.2) is 39.9 Å². The number of hydrogen-bond acceptors (Lipinski definition) is 6. The number of sulfonamides is 1. The summed E-state index contributed by atoms with van der Waals surface area (Å²) < 4.78 is 51.2. The lowest BCUT2D eigenvalue weighted by molar-refractivity contribution is 0.0311. The highest BCUT2D eigenvalue weighted by Crippen LogP contribution is 2.25. The van der Waals surface area contributed by atoms with Crippen molar-refractivity contribution in [3.05, 3.63) is 46.4 Å². The summed E-state index contributed by atoms with van der Waals surface area (Å²) in [5, 5.41) is 12.6. The Morgan fingerprint density at radius 3 is 2.79 bits per heavy atom. The molecule has 24 heavy (non-hydrogen) atoms. The molecule has 1 heterocycles. The van der Waals surface area contributed by atoms with Gasteiger partial charge in [-0.05, 0) is 40.6 Å². The Bertz CT molecular complexity index is 749. The average molecular weight is 375 g/mol. The van der Waals surface area contributed by atoms with E-state index in [9.17, 15) is 12.8 Å². The fourth-order valence-corrected chi connectivity index (χ4v) is 3.96. The van der Waals surface area contributed by atoms with Crippen molar-refractivity contribution in [1.29, 1.82) is 0 Å². The lowest BCUT2D eigenvalue weighted by Gasteiger charge is -2.18. The Morgan fingerprint density at radius 1 is 1.38 bits per heavy atom. The van der Waals surface area contributed by atoms with E-state index in [-0.39, 0.29) is 30.4 Å². The second-order valence-electron chi connectivity index (χ2n) is 4.79. The molecule has 2 N–H and O–H groups in total. The van der Waals surface area contributed by atoms with Crippen molar-refractivity contribution in [2.24, 2.45) is 0 Å². The highest BCUT2D eigenvalue weighted by Gasteiger charge is 2.23. The van der Waals surface area contributed by atoms with E-state index in [1.807, 2.05) is 16.8 Å². The molecule has 0 fully saturated rings. The molecule has 2 aromatic rings. The van der Waals surface area contributed by atoms with Gasteiger partial charge in [0.2, 0.25) is 10.0 Å². The largest absolute Gasteiger partial charge is 0.495 e. The van der Waals surface area contributed by atoms with Gasteiger partial charge >= 0.3 is 0 Å². The molecule has 9 heteroatoms. The summed E-state index contributed by atoms with van der Waals surface area (Å²) in [4.78, 5) is -0.281. The maximum atomic E-state index is 13.4. The number of halogens is 1. The van der Waals surface area contributed by atoms with Crippen molar-refractivity contribution in [3.63, 3.8) is 0 Å². The molecule has 132 valence electrons. The van der Waals surface area contributed by atoms with Crippen LogP contribution in [0.25, 0.3) is 0 Å². The molecule has 1 atom stereocenters. The predicted molar refractivity (Wildman–Crippen MR) is 88.2 cm³/mol. The van der Waals surface area contributed by atoms with Crippen molar-refractivity contribution < 1.29 is 27.4 Å². The first-order valence-corrected chi connectivity index (χ1v) is 9.48. The van der Waals surface area contributed by atoms with E-state index in [2.05, 4.69) is 4.72 Å². The quantitative estimate of drug-likeness (QED) is 0.700. The number of methoxy groups -OCH3 is 1. The van der Waals surface area contributed by atoms with Gasteiger partial charge in [-0.1, -0.05) is 0 Å². The van der Waals surface area contributed by atoms with Gasteiger partial charge in [0.05, 0.1) is 26.4 Å². The Hall–Kier alpha value is -1.52. The zero-order valence-corrected chi connectivity index (χ0v) is 14.6. The number of benzene rings is 1. The normalized spacial score (nSPS) is 13.0. The zero-order chi connectivity index (χ0) is 17.6. The maximum Gasteiger partial charge on any atom is 0.244 e. The van der Waals surface area contributed by atoms with Crippen LogP contribution < -0.4 is 9.46 Å². The molecule has 0 amide bonds.